The quantitative estimate of drug-likeness (QED) is 0.599. The van der Waals surface area contributed by atoms with E-state index in [2.05, 4.69) is 0 Å². The van der Waals surface area contributed by atoms with Crippen LogP contribution in [0.15, 0.2) is 64.2 Å². The Labute approximate surface area is 151 Å². The first-order chi connectivity index (χ1) is 12.6. The average Bonchev–Trinajstić information content (AvgIpc) is 3.03. The molecule has 2 N–H and O–H groups in total. The summed E-state index contributed by atoms with van der Waals surface area (Å²) in [6.45, 7) is -0.132. The smallest absolute Gasteiger partial charge is 0.332 e. The van der Waals surface area contributed by atoms with E-state index in [0.29, 0.717) is 10.2 Å². The number of carbonyl (C=O) groups excluding carboxylic acids is 1. The van der Waals surface area contributed by atoms with Crippen molar-refractivity contribution in [2.24, 2.45) is 5.73 Å². The maximum atomic E-state index is 13.0. The number of benzene rings is 2. The van der Waals surface area contributed by atoms with Gasteiger partial charge in [0.15, 0.2) is 0 Å². The molecular formula is C19H15N3O3S. The van der Waals surface area contributed by atoms with Crippen molar-refractivity contribution in [2.75, 3.05) is 0 Å². The summed E-state index contributed by atoms with van der Waals surface area (Å²) >= 11 is 1.32. The number of amides is 1. The lowest BCUT2D eigenvalue weighted by Gasteiger charge is -2.11. The second-order valence-corrected chi connectivity index (χ2v) is 7.04. The molecule has 1 amide bonds. The number of primary amides is 1. The summed E-state index contributed by atoms with van der Waals surface area (Å²) in [5, 5.41) is 0.773. The molecule has 7 heteroatoms. The molecule has 4 aromatic rings. The Morgan fingerprint density at radius 1 is 0.962 bits per heavy atom. The molecule has 0 radical (unpaired) electrons. The third-order valence-electron chi connectivity index (χ3n) is 4.24. The molecule has 26 heavy (non-hydrogen) atoms. The predicted octanol–water partition coefficient (Wildman–Crippen LogP) is 1.91. The number of rotatable bonds is 4. The van der Waals surface area contributed by atoms with E-state index in [1.54, 1.807) is 0 Å². The maximum Gasteiger partial charge on any atom is 0.332 e. The Balaban J connectivity index is 2.07. The molecule has 0 spiro atoms. The predicted molar refractivity (Wildman–Crippen MR) is 103 cm³/mol. The van der Waals surface area contributed by atoms with Crippen molar-refractivity contribution >= 4 is 37.5 Å². The molecule has 0 saturated carbocycles. The van der Waals surface area contributed by atoms with E-state index in [4.69, 9.17) is 5.73 Å². The number of thiophene rings is 1. The van der Waals surface area contributed by atoms with Crippen LogP contribution in [0.2, 0.25) is 0 Å². The van der Waals surface area contributed by atoms with Gasteiger partial charge in [0.2, 0.25) is 5.91 Å². The Morgan fingerprint density at radius 2 is 1.65 bits per heavy atom. The van der Waals surface area contributed by atoms with Crippen LogP contribution in [-0.4, -0.2) is 15.0 Å². The first kappa shape index (κ1) is 16.3. The average molecular weight is 365 g/mol. The molecule has 0 aliphatic rings. The molecule has 0 aliphatic heterocycles. The molecule has 6 nitrogen and oxygen atoms in total. The topological polar surface area (TPSA) is 87.1 Å². The molecule has 0 bridgehead atoms. The Bertz CT molecular complexity index is 1250. The molecule has 0 fully saturated rings. The number of carbonyl (C=O) groups is 1. The van der Waals surface area contributed by atoms with Gasteiger partial charge in [0.25, 0.3) is 5.56 Å². The second-order valence-electron chi connectivity index (χ2n) is 5.99. The number of nitrogens with zero attached hydrogens (tertiary/aromatic N) is 2. The van der Waals surface area contributed by atoms with Crippen LogP contribution in [-0.2, 0) is 17.9 Å². The molecule has 0 aliphatic carbocycles. The van der Waals surface area contributed by atoms with Crippen molar-refractivity contribution in [3.63, 3.8) is 0 Å². The zero-order chi connectivity index (χ0) is 18.3. The molecule has 0 saturated heterocycles. The summed E-state index contributed by atoms with van der Waals surface area (Å²) in [6.07, 6.45) is 0. The zero-order valence-electron chi connectivity index (χ0n) is 13.7. The van der Waals surface area contributed by atoms with Gasteiger partial charge in [0, 0.05) is 10.1 Å². The van der Waals surface area contributed by atoms with Crippen LogP contribution < -0.4 is 17.0 Å². The number of fused-ring (bicyclic) bond motifs is 3. The lowest BCUT2D eigenvalue weighted by molar-refractivity contribution is -0.118. The zero-order valence-corrected chi connectivity index (χ0v) is 14.5. The number of hydrogen-bond donors (Lipinski definition) is 1. The Kier molecular flexibility index (Phi) is 3.93. The van der Waals surface area contributed by atoms with Crippen molar-refractivity contribution in [3.05, 3.63) is 81.0 Å². The van der Waals surface area contributed by atoms with Crippen molar-refractivity contribution < 1.29 is 4.79 Å². The molecule has 0 atom stereocenters. The van der Waals surface area contributed by atoms with Crippen LogP contribution in [0.3, 0.4) is 0 Å². The van der Waals surface area contributed by atoms with Gasteiger partial charge in [0.05, 0.1) is 12.1 Å². The Hall–Kier alpha value is -3.19. The molecule has 4 rings (SSSR count). The largest absolute Gasteiger partial charge is 0.368 e. The summed E-state index contributed by atoms with van der Waals surface area (Å²) in [5.41, 5.74) is 5.78. The lowest BCUT2D eigenvalue weighted by Crippen LogP contribution is -2.41. The van der Waals surface area contributed by atoms with E-state index >= 15 is 0 Å². The standard InChI is InChI=1S/C19H15N3O3S/c20-15(23)11-21-16-13-8-4-5-9-14(13)26-17(16)18(24)22(19(21)25)10-12-6-2-1-3-7-12/h1-9H,10-11H2,(H2,20,23). The molecule has 0 unspecified atom stereocenters. The third kappa shape index (κ3) is 2.62. The van der Waals surface area contributed by atoms with Crippen molar-refractivity contribution in [1.82, 2.24) is 9.13 Å². The molecular weight excluding hydrogens is 350 g/mol. The number of nitrogens with two attached hydrogens (primary N) is 1. The van der Waals surface area contributed by atoms with Crippen LogP contribution in [0, 0.1) is 0 Å². The first-order valence-electron chi connectivity index (χ1n) is 8.03. The van der Waals surface area contributed by atoms with Gasteiger partial charge in [-0.25, -0.2) is 4.79 Å². The molecule has 2 aromatic heterocycles. The molecule has 130 valence electrons. The fraction of sp³-hybridized carbons (Fsp3) is 0.105. The van der Waals surface area contributed by atoms with Crippen molar-refractivity contribution in [3.8, 4) is 0 Å². The van der Waals surface area contributed by atoms with E-state index in [1.165, 1.54) is 15.9 Å². The van der Waals surface area contributed by atoms with Crippen LogP contribution in [0.25, 0.3) is 20.3 Å². The molecule has 2 aromatic carbocycles. The van der Waals surface area contributed by atoms with Gasteiger partial charge in [-0.1, -0.05) is 48.5 Å². The lowest BCUT2D eigenvalue weighted by atomic mass is 10.2. The highest BCUT2D eigenvalue weighted by molar-refractivity contribution is 7.25. The van der Waals surface area contributed by atoms with Gasteiger partial charge < -0.3 is 5.73 Å². The van der Waals surface area contributed by atoms with Crippen LogP contribution in [0.1, 0.15) is 5.56 Å². The maximum absolute atomic E-state index is 13.0. The van der Waals surface area contributed by atoms with Crippen molar-refractivity contribution in [2.45, 2.75) is 13.1 Å². The van der Waals surface area contributed by atoms with Gasteiger partial charge in [-0.15, -0.1) is 11.3 Å². The number of aromatic nitrogens is 2. The van der Waals surface area contributed by atoms with E-state index in [0.717, 1.165) is 20.2 Å². The minimum Gasteiger partial charge on any atom is -0.368 e. The van der Waals surface area contributed by atoms with E-state index in [9.17, 15) is 14.4 Å². The summed E-state index contributed by atoms with van der Waals surface area (Å²) in [7, 11) is 0. The highest BCUT2D eigenvalue weighted by Crippen LogP contribution is 2.30. The SMILES string of the molecule is NC(=O)Cn1c(=O)n(Cc2ccccc2)c(=O)c2sc3ccccc3c21. The summed E-state index contributed by atoms with van der Waals surface area (Å²) in [5.74, 6) is -0.631. The highest BCUT2D eigenvalue weighted by Gasteiger charge is 2.19. The molecule has 2 heterocycles. The van der Waals surface area contributed by atoms with Gasteiger partial charge in [-0.2, -0.15) is 0 Å². The minimum atomic E-state index is -0.631. The minimum absolute atomic E-state index is 0.140. The van der Waals surface area contributed by atoms with E-state index in [-0.39, 0.29) is 18.6 Å². The monoisotopic (exact) mass is 365 g/mol. The fourth-order valence-corrected chi connectivity index (χ4v) is 4.26. The van der Waals surface area contributed by atoms with Gasteiger partial charge in [-0.05, 0) is 11.6 Å². The summed E-state index contributed by atoms with van der Waals surface area (Å²) in [4.78, 5) is 37.6. The Morgan fingerprint density at radius 3 is 2.38 bits per heavy atom. The first-order valence-corrected chi connectivity index (χ1v) is 8.85. The third-order valence-corrected chi connectivity index (χ3v) is 5.39. The van der Waals surface area contributed by atoms with E-state index in [1.807, 2.05) is 54.6 Å². The highest BCUT2D eigenvalue weighted by atomic mass is 32.1. The van der Waals surface area contributed by atoms with Gasteiger partial charge in [0.1, 0.15) is 11.2 Å². The van der Waals surface area contributed by atoms with Crippen LogP contribution >= 0.6 is 11.3 Å². The second kappa shape index (κ2) is 6.27. The van der Waals surface area contributed by atoms with Gasteiger partial charge >= 0.3 is 5.69 Å². The fourth-order valence-electron chi connectivity index (χ4n) is 3.10. The summed E-state index contributed by atoms with van der Waals surface area (Å²) < 4.78 is 3.80. The normalized spacial score (nSPS) is 11.2. The van der Waals surface area contributed by atoms with E-state index < -0.39 is 11.6 Å². The summed E-state index contributed by atoms with van der Waals surface area (Å²) in [6, 6.07) is 16.7. The van der Waals surface area contributed by atoms with Gasteiger partial charge in [-0.3, -0.25) is 18.7 Å². The van der Waals surface area contributed by atoms with Crippen molar-refractivity contribution in [1.29, 1.82) is 0 Å². The van der Waals surface area contributed by atoms with Crippen LogP contribution in [0.4, 0.5) is 0 Å². The number of hydrogen-bond acceptors (Lipinski definition) is 4. The van der Waals surface area contributed by atoms with Crippen LogP contribution in [0.5, 0.6) is 0 Å².